The summed E-state index contributed by atoms with van der Waals surface area (Å²) in [6.45, 7) is 21.8. The molecule has 190 valence electrons. The van der Waals surface area contributed by atoms with Gasteiger partial charge in [0.15, 0.2) is 0 Å². The molecule has 0 fully saturated rings. The molecule has 0 radical (unpaired) electrons. The van der Waals surface area contributed by atoms with Gasteiger partial charge < -0.3 is 9.47 Å². The van der Waals surface area contributed by atoms with Crippen LogP contribution in [0.2, 0.25) is 0 Å². The summed E-state index contributed by atoms with van der Waals surface area (Å²) in [6.07, 6.45) is -11.4. The maximum Gasteiger partial charge on any atom is 0.573 e. The van der Waals surface area contributed by atoms with Gasteiger partial charge in [0.2, 0.25) is 5.70 Å². The molecule has 16 heteroatoms. The van der Waals surface area contributed by atoms with E-state index in [-0.39, 0.29) is 0 Å². The summed E-state index contributed by atoms with van der Waals surface area (Å²) in [6, 6.07) is 6.57. The molecule has 1 aromatic carbocycles. The first-order valence-corrected chi connectivity index (χ1v) is 9.66. The van der Waals surface area contributed by atoms with Crippen LogP contribution in [0.15, 0.2) is 22.7 Å². The normalized spacial score (nSPS) is 15.9. The Hall–Kier alpha value is -6.72. The molecule has 0 saturated carbocycles. The largest absolute Gasteiger partial charge is 0.573 e. The maximum atomic E-state index is 13.8. The zero-order valence-corrected chi connectivity index (χ0v) is 18.7. The lowest BCUT2D eigenvalue weighted by molar-refractivity contribution is -0.277. The number of nitrogens with zero attached hydrogens (tertiary/aromatic N) is 8. The van der Waals surface area contributed by atoms with Crippen LogP contribution >= 0.6 is 0 Å². The second-order valence-corrected chi connectivity index (χ2v) is 7.07. The molecule has 1 aromatic rings. The Balaban J connectivity index is 2.94. The van der Waals surface area contributed by atoms with Crippen molar-refractivity contribution in [1.82, 2.24) is 0 Å². The minimum atomic E-state index is -5.70. The number of benzene rings is 1. The molecule has 0 unspecified atom stereocenters. The van der Waals surface area contributed by atoms with Gasteiger partial charge in [-0.2, -0.15) is 15.8 Å². The molecule has 10 nitrogen and oxygen atoms in total. The van der Waals surface area contributed by atoms with Gasteiger partial charge in [-0.15, -0.1) is 26.3 Å². The number of alkyl halides is 6. The molecular formula is C24F6N8O2. The van der Waals surface area contributed by atoms with Crippen molar-refractivity contribution in [2.24, 2.45) is 0 Å². The fourth-order valence-electron chi connectivity index (χ4n) is 4.02. The summed E-state index contributed by atoms with van der Waals surface area (Å²) >= 11 is 0. The van der Waals surface area contributed by atoms with E-state index in [1.165, 1.54) is 30.3 Å². The first kappa shape index (κ1) is 27.9. The molecule has 2 aliphatic rings. The highest BCUT2D eigenvalue weighted by Gasteiger charge is 2.48. The van der Waals surface area contributed by atoms with E-state index in [9.17, 15) is 52.7 Å². The van der Waals surface area contributed by atoms with Crippen LogP contribution in [-0.4, -0.2) is 12.7 Å². The predicted molar refractivity (Wildman–Crippen MR) is 115 cm³/mol. The molecule has 0 saturated heterocycles. The Morgan fingerprint density at radius 1 is 0.600 bits per heavy atom. The van der Waals surface area contributed by atoms with Gasteiger partial charge in [-0.25, -0.2) is 25.1 Å². The van der Waals surface area contributed by atoms with Gasteiger partial charge in [-0.05, 0) is 0 Å². The van der Waals surface area contributed by atoms with Crippen LogP contribution in [0.4, 0.5) is 26.3 Å². The highest BCUT2D eigenvalue weighted by atomic mass is 19.4. The SMILES string of the molecule is [C-]#[N+]C1=C(C#N)c2c(OC(F)(F)F)c3c(c(OC(F)(F)F)c2/C1=C(\C#N)[N+]#[C-])/C(=C(/C#N)[N+]#[C-])C(C#N)=C3C#N. The monoisotopic (exact) mass is 546 g/mol. The van der Waals surface area contributed by atoms with Gasteiger partial charge in [0.05, 0.1) is 60.7 Å². The van der Waals surface area contributed by atoms with Gasteiger partial charge in [-0.1, -0.05) is 0 Å². The average molecular weight is 546 g/mol. The van der Waals surface area contributed by atoms with Crippen molar-refractivity contribution >= 4 is 22.3 Å². The minimum Gasteiger partial charge on any atom is -0.405 e. The fourth-order valence-corrected chi connectivity index (χ4v) is 4.02. The lowest BCUT2D eigenvalue weighted by Gasteiger charge is -2.23. The highest BCUT2D eigenvalue weighted by molar-refractivity contribution is 6.18. The molecule has 0 N–H and O–H groups in total. The number of ether oxygens (including phenoxy) is 2. The molecule has 0 aliphatic heterocycles. The van der Waals surface area contributed by atoms with E-state index in [1.807, 2.05) is 0 Å². The first-order valence-electron chi connectivity index (χ1n) is 9.66. The lowest BCUT2D eigenvalue weighted by atomic mass is 9.90. The molecule has 0 spiro atoms. The van der Waals surface area contributed by atoms with E-state index >= 15 is 0 Å². The van der Waals surface area contributed by atoms with E-state index in [1.54, 1.807) is 0 Å². The minimum absolute atomic E-state index is 1.00. The Bertz CT molecular complexity index is 1750. The molecule has 3 rings (SSSR count). The summed E-state index contributed by atoms with van der Waals surface area (Å²) in [5.74, 6) is -3.15. The molecule has 2 aliphatic carbocycles. The number of hydrogen-bond acceptors (Lipinski definition) is 7. The highest BCUT2D eigenvalue weighted by Crippen LogP contribution is 2.61. The van der Waals surface area contributed by atoms with Crippen molar-refractivity contribution in [2.75, 3.05) is 0 Å². The van der Waals surface area contributed by atoms with E-state index in [0.29, 0.717) is 0 Å². The van der Waals surface area contributed by atoms with E-state index in [0.717, 1.165) is 0 Å². The zero-order chi connectivity index (χ0) is 30.2. The second-order valence-electron chi connectivity index (χ2n) is 7.07. The molecular weight excluding hydrogens is 546 g/mol. The van der Waals surface area contributed by atoms with Gasteiger partial charge >= 0.3 is 12.7 Å². The number of rotatable bonds is 2. The Morgan fingerprint density at radius 3 is 1.38 bits per heavy atom. The molecule has 0 bridgehead atoms. The summed E-state index contributed by atoms with van der Waals surface area (Å²) in [5, 5.41) is 48.0. The van der Waals surface area contributed by atoms with Gasteiger partial charge in [-0.3, -0.25) is 0 Å². The fraction of sp³-hybridized carbons (Fsp3) is 0.0833. The third-order valence-electron chi connectivity index (χ3n) is 5.17. The molecule has 0 amide bonds. The topological polar surface area (TPSA) is 150 Å². The quantitative estimate of drug-likeness (QED) is 0.259. The van der Waals surface area contributed by atoms with Crippen molar-refractivity contribution in [3.8, 4) is 41.8 Å². The van der Waals surface area contributed by atoms with E-state index in [2.05, 4.69) is 24.0 Å². The summed E-state index contributed by atoms with van der Waals surface area (Å²) in [5.41, 5.74) is -13.4. The number of fused-ring (bicyclic) bond motifs is 2. The van der Waals surface area contributed by atoms with Crippen LogP contribution in [0, 0.1) is 76.4 Å². The van der Waals surface area contributed by atoms with Crippen molar-refractivity contribution in [3.63, 3.8) is 0 Å². The lowest BCUT2D eigenvalue weighted by Crippen LogP contribution is -2.22. The summed E-state index contributed by atoms with van der Waals surface area (Å²) in [7, 11) is 0. The zero-order valence-electron chi connectivity index (χ0n) is 18.7. The van der Waals surface area contributed by atoms with Crippen LogP contribution in [0.25, 0.3) is 36.8 Å². The third kappa shape index (κ3) is 4.14. The molecule has 40 heavy (non-hydrogen) atoms. The molecule has 0 atom stereocenters. The summed E-state index contributed by atoms with van der Waals surface area (Å²) in [4.78, 5) is 8.51. The van der Waals surface area contributed by atoms with Crippen LogP contribution in [0.3, 0.4) is 0 Å². The summed E-state index contributed by atoms with van der Waals surface area (Å²) < 4.78 is 90.3. The average Bonchev–Trinajstić information content (AvgIpc) is 3.39. The first-order chi connectivity index (χ1) is 18.8. The van der Waals surface area contributed by atoms with Crippen LogP contribution in [0.5, 0.6) is 11.5 Å². The van der Waals surface area contributed by atoms with Crippen molar-refractivity contribution in [2.45, 2.75) is 12.7 Å². The second kappa shape index (κ2) is 9.63. The van der Waals surface area contributed by atoms with Crippen LogP contribution < -0.4 is 9.47 Å². The predicted octanol–water partition coefficient (Wildman–Crippen LogP) is 5.77. The number of halogens is 6. The van der Waals surface area contributed by atoms with Crippen molar-refractivity contribution < 1.29 is 35.8 Å². The molecule has 0 heterocycles. The van der Waals surface area contributed by atoms with E-state index < -0.39 is 91.4 Å². The van der Waals surface area contributed by atoms with E-state index in [4.69, 9.17) is 19.7 Å². The standard InChI is InChI=1S/C24F6N8O2/c1-36-12(7-34)14-9(4-31)10(5-32)15-18(14)22(40-24(28,29)30)19-16(21(15)39-23(25,26)27)11(6-33)20(38-3)17(19)13(8-35)37-2/b14-12-,17-13-. The number of hydrogen-bond donors (Lipinski definition) is 0. The maximum absolute atomic E-state index is 13.8. The Labute approximate surface area is 218 Å². The Morgan fingerprint density at radius 2 is 1.00 bits per heavy atom. The van der Waals surface area contributed by atoms with Crippen LogP contribution in [-0.2, 0) is 0 Å². The smallest absolute Gasteiger partial charge is 0.405 e. The van der Waals surface area contributed by atoms with Crippen molar-refractivity contribution in [1.29, 1.82) is 26.3 Å². The van der Waals surface area contributed by atoms with Gasteiger partial charge in [0.25, 0.3) is 11.4 Å². The number of allylic oxidation sites excluding steroid dienone is 7. The molecule has 0 aromatic heterocycles. The van der Waals surface area contributed by atoms with Gasteiger partial charge in [0.1, 0.15) is 17.6 Å². The Kier molecular flexibility index (Phi) is 6.70. The third-order valence-corrected chi connectivity index (χ3v) is 5.17. The van der Waals surface area contributed by atoms with Crippen molar-refractivity contribution in [3.05, 3.63) is 79.2 Å². The van der Waals surface area contributed by atoms with Gasteiger partial charge in [0, 0.05) is 33.4 Å². The number of nitriles is 5. The van der Waals surface area contributed by atoms with Crippen LogP contribution in [0.1, 0.15) is 22.3 Å².